The van der Waals surface area contributed by atoms with Crippen molar-refractivity contribution in [2.45, 2.75) is 281 Å². The SMILES string of the molecule is CCCCCC/C=C/CC/C=C/CC/C=C/C(O)C(COC1OC(CO)C(O)C(O)C1O)NC(=O)CCCCCCCCCCCCCCCCCC/C=C\C/C=C\C/C=C\CCCCCCC. The van der Waals surface area contributed by atoms with Gasteiger partial charge in [-0.05, 0) is 83.5 Å². The zero-order valence-electron chi connectivity index (χ0n) is 43.6. The van der Waals surface area contributed by atoms with Crippen molar-refractivity contribution in [2.75, 3.05) is 13.2 Å². The number of carbonyl (C=O) groups is 1. The minimum Gasteiger partial charge on any atom is -0.394 e. The highest BCUT2D eigenvalue weighted by Gasteiger charge is 2.44. The fourth-order valence-electron chi connectivity index (χ4n) is 8.49. The lowest BCUT2D eigenvalue weighted by Gasteiger charge is -2.40. The first-order valence-electron chi connectivity index (χ1n) is 28.2. The van der Waals surface area contributed by atoms with Crippen molar-refractivity contribution in [2.24, 2.45) is 0 Å². The predicted molar refractivity (Wildman–Crippen MR) is 285 cm³/mol. The quantitative estimate of drug-likeness (QED) is 0.0261. The highest BCUT2D eigenvalue weighted by atomic mass is 16.7. The van der Waals surface area contributed by atoms with Crippen LogP contribution >= 0.6 is 0 Å². The third kappa shape index (κ3) is 37.5. The van der Waals surface area contributed by atoms with Gasteiger partial charge in [-0.1, -0.05) is 222 Å². The van der Waals surface area contributed by atoms with E-state index in [1.807, 2.05) is 6.08 Å². The Kier molecular flexibility index (Phi) is 45.2. The van der Waals surface area contributed by atoms with Crippen LogP contribution < -0.4 is 5.32 Å². The summed E-state index contributed by atoms with van der Waals surface area (Å²) >= 11 is 0. The van der Waals surface area contributed by atoms with E-state index in [0.29, 0.717) is 6.42 Å². The summed E-state index contributed by atoms with van der Waals surface area (Å²) in [7, 11) is 0. The average molecular weight is 956 g/mol. The fraction of sp³-hybridized carbons (Fsp3) is 0.780. The Morgan fingerprint density at radius 3 is 1.35 bits per heavy atom. The molecule has 7 atom stereocenters. The minimum atomic E-state index is -1.58. The maximum absolute atomic E-state index is 13.0. The predicted octanol–water partition coefficient (Wildman–Crippen LogP) is 13.7. The van der Waals surface area contributed by atoms with Crippen LogP contribution in [0.1, 0.15) is 239 Å². The lowest BCUT2D eigenvalue weighted by atomic mass is 9.99. The molecule has 0 saturated carbocycles. The number of nitrogens with one attached hydrogen (secondary N) is 1. The van der Waals surface area contributed by atoms with Crippen LogP contribution in [0.4, 0.5) is 0 Å². The van der Waals surface area contributed by atoms with Gasteiger partial charge in [-0.25, -0.2) is 0 Å². The second kappa shape index (κ2) is 48.3. The molecule has 6 N–H and O–H groups in total. The highest BCUT2D eigenvalue weighted by Crippen LogP contribution is 2.23. The van der Waals surface area contributed by atoms with Crippen molar-refractivity contribution >= 4 is 5.91 Å². The van der Waals surface area contributed by atoms with E-state index in [2.05, 4.69) is 79.9 Å². The van der Waals surface area contributed by atoms with Crippen LogP contribution in [0.3, 0.4) is 0 Å². The summed E-state index contributed by atoms with van der Waals surface area (Å²) in [5.74, 6) is -0.192. The first-order valence-corrected chi connectivity index (χ1v) is 28.2. The van der Waals surface area contributed by atoms with Gasteiger partial charge in [0.25, 0.3) is 0 Å². The highest BCUT2D eigenvalue weighted by molar-refractivity contribution is 5.76. The van der Waals surface area contributed by atoms with Crippen molar-refractivity contribution in [3.8, 4) is 0 Å². The Morgan fingerprint density at radius 1 is 0.500 bits per heavy atom. The molecule has 0 aromatic heterocycles. The van der Waals surface area contributed by atoms with Crippen molar-refractivity contribution in [3.05, 3.63) is 72.9 Å². The van der Waals surface area contributed by atoms with E-state index < -0.39 is 49.5 Å². The van der Waals surface area contributed by atoms with E-state index in [0.717, 1.165) is 64.2 Å². The van der Waals surface area contributed by atoms with Crippen LogP contribution in [0.25, 0.3) is 0 Å². The molecule has 68 heavy (non-hydrogen) atoms. The molecule has 9 heteroatoms. The van der Waals surface area contributed by atoms with E-state index in [1.165, 1.54) is 154 Å². The number of aliphatic hydroxyl groups excluding tert-OH is 5. The van der Waals surface area contributed by atoms with Crippen LogP contribution in [0, 0.1) is 0 Å². The molecule has 1 aliphatic rings. The Bertz CT molecular complexity index is 1290. The first-order chi connectivity index (χ1) is 33.3. The van der Waals surface area contributed by atoms with E-state index in [1.54, 1.807) is 6.08 Å². The van der Waals surface area contributed by atoms with Crippen LogP contribution in [0.2, 0.25) is 0 Å². The lowest BCUT2D eigenvalue weighted by Crippen LogP contribution is -2.60. The molecule has 0 spiro atoms. The van der Waals surface area contributed by atoms with Gasteiger partial charge in [0.15, 0.2) is 6.29 Å². The van der Waals surface area contributed by atoms with Crippen LogP contribution in [-0.2, 0) is 14.3 Å². The molecule has 1 amide bonds. The Morgan fingerprint density at radius 2 is 0.882 bits per heavy atom. The van der Waals surface area contributed by atoms with Gasteiger partial charge in [0, 0.05) is 6.42 Å². The molecule has 0 aromatic rings. The summed E-state index contributed by atoms with van der Waals surface area (Å²) in [4.78, 5) is 13.0. The first kappa shape index (κ1) is 63.6. The summed E-state index contributed by atoms with van der Waals surface area (Å²) < 4.78 is 11.2. The molecular weight excluding hydrogens is 851 g/mol. The number of rotatable bonds is 47. The number of amides is 1. The second-order valence-corrected chi connectivity index (χ2v) is 19.4. The Hall–Kier alpha value is -2.37. The second-order valence-electron chi connectivity index (χ2n) is 19.4. The van der Waals surface area contributed by atoms with Crippen LogP contribution in [0.15, 0.2) is 72.9 Å². The molecule has 0 bridgehead atoms. The number of ether oxygens (including phenoxy) is 2. The zero-order valence-corrected chi connectivity index (χ0v) is 43.6. The maximum Gasteiger partial charge on any atom is 0.220 e. The molecule has 7 unspecified atom stereocenters. The molecule has 0 aliphatic carbocycles. The number of unbranched alkanes of at least 4 members (excludes halogenated alkanes) is 27. The van der Waals surface area contributed by atoms with Gasteiger partial charge in [0.2, 0.25) is 5.91 Å². The topological polar surface area (TPSA) is 149 Å². The third-order valence-electron chi connectivity index (χ3n) is 13.0. The van der Waals surface area contributed by atoms with Crippen molar-refractivity contribution < 1.29 is 39.8 Å². The van der Waals surface area contributed by atoms with Crippen LogP contribution in [-0.4, -0.2) is 87.5 Å². The molecule has 9 nitrogen and oxygen atoms in total. The molecule has 1 heterocycles. The largest absolute Gasteiger partial charge is 0.394 e. The number of aliphatic hydroxyl groups is 5. The molecular formula is C59H105NO8. The molecule has 1 fully saturated rings. The van der Waals surface area contributed by atoms with Crippen molar-refractivity contribution in [3.63, 3.8) is 0 Å². The Balaban J connectivity index is 2.18. The van der Waals surface area contributed by atoms with Gasteiger partial charge in [-0.3, -0.25) is 4.79 Å². The summed E-state index contributed by atoms with van der Waals surface area (Å²) in [5.41, 5.74) is 0. The smallest absolute Gasteiger partial charge is 0.220 e. The van der Waals surface area contributed by atoms with E-state index in [9.17, 15) is 30.3 Å². The molecule has 394 valence electrons. The zero-order chi connectivity index (χ0) is 49.4. The standard InChI is InChI=1S/C59H105NO8/c1-3-5-7-9-11-13-15-17-19-20-21-22-23-24-25-26-27-28-29-30-31-32-33-34-35-37-39-41-43-45-47-49-55(63)60-52(51-67-59-58(66)57(65)56(64)54(50-61)68-59)53(62)48-46-44-42-40-38-36-18-16-14-12-10-8-6-4-2/h14-17,20-21,23-24,38,40,46,48,52-54,56-59,61-62,64-66H,3-13,18-19,22,25-37,39,41-45,47,49-51H2,1-2H3,(H,60,63)/b16-14+,17-15-,21-20-,24-23-,40-38+,48-46+. The molecule has 1 saturated heterocycles. The van der Waals surface area contributed by atoms with E-state index in [-0.39, 0.29) is 12.5 Å². The van der Waals surface area contributed by atoms with Gasteiger partial charge in [-0.2, -0.15) is 0 Å². The minimum absolute atomic E-state index is 0.192. The van der Waals surface area contributed by atoms with Gasteiger partial charge >= 0.3 is 0 Å². The summed E-state index contributed by atoms with van der Waals surface area (Å²) in [6.45, 7) is 3.72. The van der Waals surface area contributed by atoms with Crippen molar-refractivity contribution in [1.82, 2.24) is 5.32 Å². The van der Waals surface area contributed by atoms with Gasteiger partial charge in [0.05, 0.1) is 25.4 Å². The van der Waals surface area contributed by atoms with Gasteiger partial charge in [0.1, 0.15) is 24.4 Å². The lowest BCUT2D eigenvalue weighted by molar-refractivity contribution is -0.302. The molecule has 0 radical (unpaired) electrons. The summed E-state index contributed by atoms with van der Waals surface area (Å²) in [6, 6.07) is -0.830. The number of allylic oxidation sites excluding steroid dienone is 11. The average Bonchev–Trinajstić information content (AvgIpc) is 3.34. The van der Waals surface area contributed by atoms with E-state index >= 15 is 0 Å². The maximum atomic E-state index is 13.0. The molecule has 1 rings (SSSR count). The summed E-state index contributed by atoms with van der Waals surface area (Å²) in [5, 5.41) is 54.3. The van der Waals surface area contributed by atoms with Gasteiger partial charge < -0.3 is 40.3 Å². The number of carbonyl (C=O) groups excluding carboxylic acids is 1. The number of hydrogen-bond donors (Lipinski definition) is 6. The normalized spacial score (nSPS) is 20.1. The molecule has 0 aromatic carbocycles. The van der Waals surface area contributed by atoms with Crippen LogP contribution in [0.5, 0.6) is 0 Å². The third-order valence-corrected chi connectivity index (χ3v) is 13.0. The molecule has 1 aliphatic heterocycles. The fourth-order valence-corrected chi connectivity index (χ4v) is 8.49. The Labute approximate surface area is 417 Å². The summed E-state index contributed by atoms with van der Waals surface area (Å²) in [6.07, 6.45) is 59.7. The number of hydrogen-bond acceptors (Lipinski definition) is 8. The van der Waals surface area contributed by atoms with Gasteiger partial charge in [-0.15, -0.1) is 0 Å². The monoisotopic (exact) mass is 956 g/mol. The van der Waals surface area contributed by atoms with E-state index in [4.69, 9.17) is 9.47 Å². The van der Waals surface area contributed by atoms with Crippen molar-refractivity contribution in [1.29, 1.82) is 0 Å².